The highest BCUT2D eigenvalue weighted by Gasteiger charge is 2.28. The van der Waals surface area contributed by atoms with Crippen LogP contribution in [0.25, 0.3) is 0 Å². The zero-order valence-corrected chi connectivity index (χ0v) is 12.8. The fraction of sp³-hybridized carbons (Fsp3) is 0.200. The maximum atomic E-state index is 13.3. The summed E-state index contributed by atoms with van der Waals surface area (Å²) in [6, 6.07) is 9.78. The maximum Gasteiger partial charge on any atom is 0.127 e. The first-order valence-corrected chi connectivity index (χ1v) is 7.38. The normalized spacial score (nSPS) is 21.2. The van der Waals surface area contributed by atoms with E-state index in [2.05, 4.69) is 15.9 Å². The lowest BCUT2D eigenvalue weighted by Crippen LogP contribution is -2.24. The number of rotatable bonds is 1. The highest BCUT2D eigenvalue weighted by Crippen LogP contribution is 2.42. The van der Waals surface area contributed by atoms with Gasteiger partial charge < -0.3 is 10.5 Å². The van der Waals surface area contributed by atoms with E-state index in [-0.39, 0.29) is 18.0 Å². The number of nitrogens with two attached hydrogens (primary N) is 1. The lowest BCUT2D eigenvalue weighted by Gasteiger charge is -2.31. The molecular weight excluding hydrogens is 345 g/mol. The summed E-state index contributed by atoms with van der Waals surface area (Å²) in [5.74, 6) is 0.169. The molecule has 2 nitrogen and oxygen atoms in total. The van der Waals surface area contributed by atoms with E-state index in [1.807, 2.05) is 12.1 Å². The highest BCUT2D eigenvalue weighted by atomic mass is 79.9. The topological polar surface area (TPSA) is 35.2 Å². The average molecular weight is 357 g/mol. The highest BCUT2D eigenvalue weighted by molar-refractivity contribution is 9.10. The minimum absolute atomic E-state index is 0.185. The van der Waals surface area contributed by atoms with Crippen LogP contribution >= 0.6 is 27.5 Å². The third-order valence-electron chi connectivity index (χ3n) is 3.42. The molecule has 2 aromatic rings. The van der Waals surface area contributed by atoms with Gasteiger partial charge in [-0.25, -0.2) is 4.39 Å². The van der Waals surface area contributed by atoms with E-state index in [4.69, 9.17) is 22.1 Å². The Kier molecular flexibility index (Phi) is 3.71. The van der Waals surface area contributed by atoms with Crippen molar-refractivity contribution in [2.45, 2.75) is 18.6 Å². The van der Waals surface area contributed by atoms with Gasteiger partial charge in [0.1, 0.15) is 17.7 Å². The van der Waals surface area contributed by atoms with Crippen LogP contribution in [0.3, 0.4) is 0 Å². The fourth-order valence-corrected chi connectivity index (χ4v) is 3.11. The summed E-state index contributed by atoms with van der Waals surface area (Å²) in [6.45, 7) is 0. The molecule has 2 N–H and O–H groups in total. The molecule has 1 aliphatic rings. The Morgan fingerprint density at radius 2 is 2.00 bits per heavy atom. The van der Waals surface area contributed by atoms with E-state index in [1.54, 1.807) is 12.1 Å². The van der Waals surface area contributed by atoms with E-state index < -0.39 is 0 Å². The number of ether oxygens (including phenoxy) is 1. The molecule has 0 amide bonds. The first kappa shape index (κ1) is 13.9. The second kappa shape index (κ2) is 5.35. The van der Waals surface area contributed by atoms with Gasteiger partial charge in [-0.05, 0) is 24.3 Å². The largest absolute Gasteiger partial charge is 0.485 e. The van der Waals surface area contributed by atoms with Crippen LogP contribution in [0.4, 0.5) is 4.39 Å². The summed E-state index contributed by atoms with van der Waals surface area (Å²) in [5, 5.41) is 0.630. The smallest absolute Gasteiger partial charge is 0.127 e. The zero-order valence-electron chi connectivity index (χ0n) is 10.4. The summed E-state index contributed by atoms with van der Waals surface area (Å²) in [4.78, 5) is 0. The molecule has 0 aromatic heterocycles. The second-order valence-corrected chi connectivity index (χ2v) is 6.09. The molecule has 0 saturated carbocycles. The van der Waals surface area contributed by atoms with Crippen molar-refractivity contribution in [1.82, 2.24) is 0 Å². The van der Waals surface area contributed by atoms with Gasteiger partial charge in [-0.1, -0.05) is 33.6 Å². The van der Waals surface area contributed by atoms with Gasteiger partial charge in [-0.3, -0.25) is 0 Å². The van der Waals surface area contributed by atoms with Crippen molar-refractivity contribution >= 4 is 27.5 Å². The molecule has 0 radical (unpaired) electrons. The van der Waals surface area contributed by atoms with E-state index in [1.165, 1.54) is 12.1 Å². The quantitative estimate of drug-likeness (QED) is 0.799. The monoisotopic (exact) mass is 355 g/mol. The third kappa shape index (κ3) is 2.55. The van der Waals surface area contributed by atoms with Gasteiger partial charge in [0.25, 0.3) is 0 Å². The van der Waals surface area contributed by atoms with Crippen LogP contribution in [0.5, 0.6) is 5.75 Å². The van der Waals surface area contributed by atoms with Crippen molar-refractivity contribution in [1.29, 1.82) is 0 Å². The molecule has 0 fully saturated rings. The Morgan fingerprint density at radius 1 is 1.20 bits per heavy atom. The van der Waals surface area contributed by atoms with Crippen LogP contribution in [-0.4, -0.2) is 0 Å². The second-order valence-electron chi connectivity index (χ2n) is 4.80. The van der Waals surface area contributed by atoms with Crippen molar-refractivity contribution < 1.29 is 9.13 Å². The van der Waals surface area contributed by atoms with Gasteiger partial charge >= 0.3 is 0 Å². The molecule has 0 bridgehead atoms. The fourth-order valence-electron chi connectivity index (χ4n) is 2.43. The standard InChI is InChI=1S/C15H12BrClFNO/c16-12-4-1-8(17)5-11(12)15-7-13(19)10-3-2-9(18)6-14(10)20-15/h1-6,13,15H,7,19H2/t13-,15?/m1/s1. The Bertz CT molecular complexity index is 664. The number of hydrogen-bond acceptors (Lipinski definition) is 2. The van der Waals surface area contributed by atoms with Crippen molar-refractivity contribution in [3.05, 3.63) is 62.8 Å². The van der Waals surface area contributed by atoms with E-state index >= 15 is 0 Å². The number of hydrogen-bond donors (Lipinski definition) is 1. The van der Waals surface area contributed by atoms with Crippen LogP contribution in [0.2, 0.25) is 5.02 Å². The van der Waals surface area contributed by atoms with Crippen LogP contribution in [0.15, 0.2) is 40.9 Å². The average Bonchev–Trinajstić information content (AvgIpc) is 2.41. The molecule has 5 heteroatoms. The molecule has 2 aromatic carbocycles. The van der Waals surface area contributed by atoms with Gasteiger partial charge in [0.05, 0.1) is 0 Å². The molecular formula is C15H12BrClFNO. The summed E-state index contributed by atoms with van der Waals surface area (Å²) in [5.41, 5.74) is 7.91. The van der Waals surface area contributed by atoms with Crippen molar-refractivity contribution in [2.24, 2.45) is 5.73 Å². The van der Waals surface area contributed by atoms with Gasteiger partial charge in [-0.15, -0.1) is 0 Å². The van der Waals surface area contributed by atoms with Crippen LogP contribution in [0.1, 0.15) is 29.7 Å². The lowest BCUT2D eigenvalue weighted by atomic mass is 9.93. The number of halogens is 3. The summed E-state index contributed by atoms with van der Waals surface area (Å²) in [7, 11) is 0. The van der Waals surface area contributed by atoms with Crippen LogP contribution < -0.4 is 10.5 Å². The van der Waals surface area contributed by atoms with Gasteiger partial charge in [0.2, 0.25) is 0 Å². The predicted octanol–water partition coefficient (Wildman–Crippen LogP) is 4.77. The Balaban J connectivity index is 2.00. The van der Waals surface area contributed by atoms with Crippen LogP contribution in [0, 0.1) is 5.82 Å². The molecule has 0 spiro atoms. The molecule has 20 heavy (non-hydrogen) atoms. The zero-order chi connectivity index (χ0) is 14.3. The molecule has 1 aliphatic heterocycles. The van der Waals surface area contributed by atoms with Gasteiger partial charge in [0, 0.05) is 39.2 Å². The first-order valence-electron chi connectivity index (χ1n) is 6.21. The minimum Gasteiger partial charge on any atom is -0.485 e. The molecule has 1 heterocycles. The van der Waals surface area contributed by atoms with Crippen molar-refractivity contribution in [3.8, 4) is 5.75 Å². The minimum atomic E-state index is -0.332. The molecule has 0 saturated heterocycles. The summed E-state index contributed by atoms with van der Waals surface area (Å²) >= 11 is 9.52. The number of fused-ring (bicyclic) bond motifs is 1. The van der Waals surface area contributed by atoms with E-state index in [0.717, 1.165) is 15.6 Å². The van der Waals surface area contributed by atoms with Crippen molar-refractivity contribution in [3.63, 3.8) is 0 Å². The first-order chi connectivity index (χ1) is 9.54. The van der Waals surface area contributed by atoms with Gasteiger partial charge in [-0.2, -0.15) is 0 Å². The lowest BCUT2D eigenvalue weighted by molar-refractivity contribution is 0.160. The maximum absolute atomic E-state index is 13.3. The van der Waals surface area contributed by atoms with E-state index in [0.29, 0.717) is 17.2 Å². The third-order valence-corrected chi connectivity index (χ3v) is 4.37. The van der Waals surface area contributed by atoms with E-state index in [9.17, 15) is 4.39 Å². The Hall–Kier alpha value is -1.10. The molecule has 104 valence electrons. The SMILES string of the molecule is N[C@@H]1CC(c2cc(Cl)ccc2Br)Oc2cc(F)ccc21. The van der Waals surface area contributed by atoms with Gasteiger partial charge in [0.15, 0.2) is 0 Å². The molecule has 3 rings (SSSR count). The number of benzene rings is 2. The molecule has 0 aliphatic carbocycles. The Labute approximate surface area is 129 Å². The molecule has 2 atom stereocenters. The predicted molar refractivity (Wildman–Crippen MR) is 80.5 cm³/mol. The summed E-state index contributed by atoms with van der Waals surface area (Å²) in [6.07, 6.45) is 0.379. The van der Waals surface area contributed by atoms with Crippen LogP contribution in [-0.2, 0) is 0 Å². The van der Waals surface area contributed by atoms with Crippen molar-refractivity contribution in [2.75, 3.05) is 0 Å². The Morgan fingerprint density at radius 3 is 2.80 bits per heavy atom. The summed E-state index contributed by atoms with van der Waals surface area (Å²) < 4.78 is 20.1. The molecule has 1 unspecified atom stereocenters.